The molecule has 0 aromatic carbocycles. The van der Waals surface area contributed by atoms with E-state index in [-0.39, 0.29) is 5.69 Å². The van der Waals surface area contributed by atoms with E-state index in [9.17, 15) is 4.79 Å². The maximum atomic E-state index is 10.7. The van der Waals surface area contributed by atoms with Gasteiger partial charge in [-0.25, -0.2) is 19.7 Å². The molecule has 0 fully saturated rings. The summed E-state index contributed by atoms with van der Waals surface area (Å²) in [5.74, 6) is -1.07. The molecule has 86 valence electrons. The van der Waals surface area contributed by atoms with E-state index in [0.717, 1.165) is 4.47 Å². The lowest BCUT2D eigenvalue weighted by molar-refractivity contribution is 0.0689. The summed E-state index contributed by atoms with van der Waals surface area (Å²) < 4.78 is 0.877. The first-order valence-electron chi connectivity index (χ1n) is 4.51. The van der Waals surface area contributed by atoms with Crippen molar-refractivity contribution in [2.75, 3.05) is 0 Å². The number of pyridine rings is 1. The van der Waals surface area contributed by atoms with Crippen LogP contribution in [0, 0.1) is 0 Å². The number of carboxylic acid groups (broad SMARTS) is 1. The predicted molar refractivity (Wildman–Crippen MR) is 65.1 cm³/mol. The maximum Gasteiger partial charge on any atom is 0.354 e. The van der Waals surface area contributed by atoms with Crippen LogP contribution >= 0.6 is 27.7 Å². The van der Waals surface area contributed by atoms with E-state index in [4.69, 9.17) is 5.11 Å². The third-order valence-corrected chi connectivity index (χ3v) is 3.05. The number of halogens is 1. The lowest BCUT2D eigenvalue weighted by atomic mass is 10.4. The van der Waals surface area contributed by atoms with Crippen molar-refractivity contribution >= 4 is 33.7 Å². The Balaban J connectivity index is 2.21. The van der Waals surface area contributed by atoms with Crippen LogP contribution in [-0.4, -0.2) is 26.0 Å². The molecule has 0 spiro atoms. The molecule has 0 aliphatic heterocycles. The first kappa shape index (κ1) is 12.0. The lowest BCUT2D eigenvalue weighted by Gasteiger charge is -2.00. The molecular formula is C10H6BrN3O2S. The normalized spacial score (nSPS) is 10.2. The van der Waals surface area contributed by atoms with Gasteiger partial charge < -0.3 is 5.11 Å². The fourth-order valence-corrected chi connectivity index (χ4v) is 1.95. The standard InChI is InChI=1S/C10H6BrN3O2S/c11-6-1-2-8(13-5-6)17-10-12-4-3-7(14-10)9(15)16/h1-5H,(H,15,16). The van der Waals surface area contributed by atoms with Gasteiger partial charge in [0, 0.05) is 16.9 Å². The Hall–Kier alpha value is -1.47. The van der Waals surface area contributed by atoms with Gasteiger partial charge in [0.1, 0.15) is 5.03 Å². The number of rotatable bonds is 3. The number of hydrogen-bond donors (Lipinski definition) is 1. The van der Waals surface area contributed by atoms with E-state index in [1.54, 1.807) is 12.3 Å². The van der Waals surface area contributed by atoms with Gasteiger partial charge in [0.05, 0.1) is 0 Å². The minimum absolute atomic E-state index is 0.0281. The Morgan fingerprint density at radius 2 is 2.12 bits per heavy atom. The molecule has 0 saturated heterocycles. The quantitative estimate of drug-likeness (QED) is 0.878. The molecule has 0 atom stereocenters. The van der Waals surface area contributed by atoms with Gasteiger partial charge in [0.2, 0.25) is 0 Å². The molecule has 0 aliphatic rings. The summed E-state index contributed by atoms with van der Waals surface area (Å²) in [6.45, 7) is 0. The summed E-state index contributed by atoms with van der Waals surface area (Å²) in [5, 5.41) is 9.86. The second-order valence-electron chi connectivity index (χ2n) is 2.95. The van der Waals surface area contributed by atoms with Gasteiger partial charge in [-0.2, -0.15) is 0 Å². The highest BCUT2D eigenvalue weighted by atomic mass is 79.9. The molecule has 2 rings (SSSR count). The molecule has 0 saturated carbocycles. The van der Waals surface area contributed by atoms with Gasteiger partial charge in [0.15, 0.2) is 10.9 Å². The molecule has 2 heterocycles. The predicted octanol–water partition coefficient (Wildman–Crippen LogP) is 2.48. The Kier molecular flexibility index (Phi) is 3.70. The van der Waals surface area contributed by atoms with Crippen LogP contribution < -0.4 is 0 Å². The van der Waals surface area contributed by atoms with Crippen LogP contribution in [-0.2, 0) is 0 Å². The zero-order chi connectivity index (χ0) is 12.3. The van der Waals surface area contributed by atoms with E-state index < -0.39 is 5.97 Å². The second-order valence-corrected chi connectivity index (χ2v) is 4.85. The molecule has 0 radical (unpaired) electrons. The third-order valence-electron chi connectivity index (χ3n) is 1.75. The Labute approximate surface area is 109 Å². The smallest absolute Gasteiger partial charge is 0.354 e. The number of carbonyl (C=O) groups is 1. The largest absolute Gasteiger partial charge is 0.477 e. The number of aromatic nitrogens is 3. The summed E-state index contributed by atoms with van der Waals surface area (Å²) in [5.41, 5.74) is -0.0281. The maximum absolute atomic E-state index is 10.7. The molecule has 0 unspecified atom stereocenters. The Bertz CT molecular complexity index is 548. The fraction of sp³-hybridized carbons (Fsp3) is 0. The van der Waals surface area contributed by atoms with E-state index in [2.05, 4.69) is 30.9 Å². The molecule has 7 heteroatoms. The van der Waals surface area contributed by atoms with Crippen molar-refractivity contribution in [1.29, 1.82) is 0 Å². The minimum atomic E-state index is -1.07. The molecule has 0 amide bonds. The van der Waals surface area contributed by atoms with E-state index >= 15 is 0 Å². The molecule has 2 aromatic rings. The summed E-state index contributed by atoms with van der Waals surface area (Å²) in [6, 6.07) is 4.99. The lowest BCUT2D eigenvalue weighted by Crippen LogP contribution is -2.01. The van der Waals surface area contributed by atoms with Gasteiger partial charge in [-0.1, -0.05) is 0 Å². The summed E-state index contributed by atoms with van der Waals surface area (Å²) in [6.07, 6.45) is 3.07. The topological polar surface area (TPSA) is 76.0 Å². The van der Waals surface area contributed by atoms with Gasteiger partial charge in [-0.05, 0) is 45.9 Å². The fourth-order valence-electron chi connectivity index (χ4n) is 1.03. The number of aromatic carboxylic acids is 1. The average Bonchev–Trinajstić information content (AvgIpc) is 2.32. The summed E-state index contributed by atoms with van der Waals surface area (Å²) in [7, 11) is 0. The van der Waals surface area contributed by atoms with Crippen LogP contribution in [0.15, 0.2) is 45.2 Å². The van der Waals surface area contributed by atoms with Crippen LogP contribution in [0.5, 0.6) is 0 Å². The zero-order valence-corrected chi connectivity index (χ0v) is 10.8. The van der Waals surface area contributed by atoms with Gasteiger partial charge in [-0.15, -0.1) is 0 Å². The van der Waals surface area contributed by atoms with Crippen molar-refractivity contribution in [3.05, 3.63) is 40.8 Å². The Morgan fingerprint density at radius 1 is 1.29 bits per heavy atom. The highest BCUT2D eigenvalue weighted by Crippen LogP contribution is 2.23. The second kappa shape index (κ2) is 5.24. The van der Waals surface area contributed by atoms with Crippen LogP contribution in [0.4, 0.5) is 0 Å². The van der Waals surface area contributed by atoms with E-state index in [1.165, 1.54) is 24.0 Å². The first-order chi connectivity index (χ1) is 8.15. The van der Waals surface area contributed by atoms with Gasteiger partial charge >= 0.3 is 5.97 Å². The number of hydrogen-bond acceptors (Lipinski definition) is 5. The monoisotopic (exact) mass is 311 g/mol. The molecule has 1 N–H and O–H groups in total. The first-order valence-corrected chi connectivity index (χ1v) is 6.12. The highest BCUT2D eigenvalue weighted by Gasteiger charge is 2.07. The third kappa shape index (κ3) is 3.24. The van der Waals surface area contributed by atoms with Crippen LogP contribution in [0.2, 0.25) is 0 Å². The summed E-state index contributed by atoms with van der Waals surface area (Å²) >= 11 is 4.49. The van der Waals surface area contributed by atoms with E-state index in [0.29, 0.717) is 10.2 Å². The van der Waals surface area contributed by atoms with Crippen molar-refractivity contribution in [2.45, 2.75) is 10.2 Å². The van der Waals surface area contributed by atoms with Gasteiger partial charge in [-0.3, -0.25) is 0 Å². The zero-order valence-electron chi connectivity index (χ0n) is 8.37. The molecule has 0 bridgehead atoms. The average molecular weight is 312 g/mol. The molecule has 2 aromatic heterocycles. The minimum Gasteiger partial charge on any atom is -0.477 e. The van der Waals surface area contributed by atoms with Crippen molar-refractivity contribution in [1.82, 2.24) is 15.0 Å². The van der Waals surface area contributed by atoms with Crippen molar-refractivity contribution in [3.8, 4) is 0 Å². The van der Waals surface area contributed by atoms with Crippen molar-refractivity contribution < 1.29 is 9.90 Å². The van der Waals surface area contributed by atoms with Gasteiger partial charge in [0.25, 0.3) is 0 Å². The SMILES string of the molecule is O=C(O)c1ccnc(Sc2ccc(Br)cn2)n1. The molecule has 5 nitrogen and oxygen atoms in total. The molecule has 17 heavy (non-hydrogen) atoms. The molecule has 0 aliphatic carbocycles. The number of nitrogens with zero attached hydrogens (tertiary/aromatic N) is 3. The van der Waals surface area contributed by atoms with Crippen molar-refractivity contribution in [3.63, 3.8) is 0 Å². The van der Waals surface area contributed by atoms with Crippen LogP contribution in [0.3, 0.4) is 0 Å². The highest BCUT2D eigenvalue weighted by molar-refractivity contribution is 9.10. The van der Waals surface area contributed by atoms with Crippen LogP contribution in [0.1, 0.15) is 10.5 Å². The number of carboxylic acids is 1. The van der Waals surface area contributed by atoms with Crippen LogP contribution in [0.25, 0.3) is 0 Å². The van der Waals surface area contributed by atoms with E-state index in [1.807, 2.05) is 6.07 Å². The summed E-state index contributed by atoms with van der Waals surface area (Å²) in [4.78, 5) is 22.7. The van der Waals surface area contributed by atoms with Crippen molar-refractivity contribution in [2.24, 2.45) is 0 Å². The Morgan fingerprint density at radius 3 is 2.76 bits per heavy atom. The molecular weight excluding hydrogens is 306 g/mol.